The Labute approximate surface area is 104 Å². The molecule has 1 aromatic carbocycles. The number of esters is 1. The van der Waals surface area contributed by atoms with Gasteiger partial charge in [-0.25, -0.2) is 13.6 Å². The van der Waals surface area contributed by atoms with Gasteiger partial charge in [0.15, 0.2) is 0 Å². The molecule has 8 heteroatoms. The Bertz CT molecular complexity index is 545. The minimum absolute atomic E-state index is 0.0927. The SMILES string of the molecule is COC(=O)c1cc(C#N)c(C(F)(F)F)cc1C(F)F. The number of hydrogen-bond donors (Lipinski definition) is 0. The van der Waals surface area contributed by atoms with E-state index in [1.54, 1.807) is 0 Å². The van der Waals surface area contributed by atoms with Crippen LogP contribution in [0.2, 0.25) is 0 Å². The number of halogens is 5. The second-order valence-electron chi connectivity index (χ2n) is 3.39. The summed E-state index contributed by atoms with van der Waals surface area (Å²) in [5, 5.41) is 8.60. The maximum atomic E-state index is 12.7. The third kappa shape index (κ3) is 2.99. The van der Waals surface area contributed by atoms with Gasteiger partial charge in [0.1, 0.15) is 0 Å². The first-order chi connectivity index (χ1) is 8.72. The van der Waals surface area contributed by atoms with Crippen molar-refractivity contribution in [3.05, 3.63) is 34.4 Å². The van der Waals surface area contributed by atoms with Gasteiger partial charge >= 0.3 is 12.1 Å². The summed E-state index contributed by atoms with van der Waals surface area (Å²) in [5.74, 6) is -1.24. The highest BCUT2D eigenvalue weighted by Gasteiger charge is 2.36. The average molecular weight is 279 g/mol. The van der Waals surface area contributed by atoms with E-state index in [-0.39, 0.29) is 6.07 Å². The number of ether oxygens (including phenoxy) is 1. The Kier molecular flexibility index (Phi) is 4.09. The molecule has 102 valence electrons. The highest BCUT2D eigenvalue weighted by Crippen LogP contribution is 2.36. The van der Waals surface area contributed by atoms with Crippen molar-refractivity contribution in [2.24, 2.45) is 0 Å². The zero-order valence-electron chi connectivity index (χ0n) is 9.39. The van der Waals surface area contributed by atoms with Crippen LogP contribution in [0.1, 0.15) is 33.5 Å². The van der Waals surface area contributed by atoms with Crippen LogP contribution in [0.25, 0.3) is 0 Å². The lowest BCUT2D eigenvalue weighted by Gasteiger charge is -2.13. The third-order valence-corrected chi connectivity index (χ3v) is 2.26. The van der Waals surface area contributed by atoms with E-state index in [1.165, 1.54) is 6.07 Å². The number of methoxy groups -OCH3 is 1. The first-order valence-corrected chi connectivity index (χ1v) is 4.74. The van der Waals surface area contributed by atoms with Crippen molar-refractivity contribution < 1.29 is 31.5 Å². The Morgan fingerprint density at radius 2 is 1.95 bits per heavy atom. The van der Waals surface area contributed by atoms with Gasteiger partial charge in [0, 0.05) is 5.56 Å². The largest absolute Gasteiger partial charge is 0.465 e. The molecule has 0 saturated carbocycles. The Balaban J connectivity index is 3.62. The molecule has 0 radical (unpaired) electrons. The molecule has 0 aromatic heterocycles. The average Bonchev–Trinajstić information content (AvgIpc) is 2.34. The summed E-state index contributed by atoms with van der Waals surface area (Å²) in [7, 11) is 0.890. The maximum Gasteiger partial charge on any atom is 0.417 e. The molecule has 0 unspecified atom stereocenters. The van der Waals surface area contributed by atoms with E-state index in [4.69, 9.17) is 5.26 Å². The quantitative estimate of drug-likeness (QED) is 0.616. The second kappa shape index (κ2) is 5.22. The summed E-state index contributed by atoms with van der Waals surface area (Å²) in [6, 6.07) is 1.76. The molecular formula is C11H6F5NO2. The predicted octanol–water partition coefficient (Wildman–Crippen LogP) is 3.30. The fraction of sp³-hybridized carbons (Fsp3) is 0.273. The minimum Gasteiger partial charge on any atom is -0.465 e. The topological polar surface area (TPSA) is 50.1 Å². The van der Waals surface area contributed by atoms with Crippen LogP contribution in [-0.2, 0) is 10.9 Å². The van der Waals surface area contributed by atoms with Crippen molar-refractivity contribution in [2.45, 2.75) is 12.6 Å². The standard InChI is InChI=1S/C11H6F5NO2/c1-19-10(18)7-2-5(4-17)8(11(14,15)16)3-6(7)9(12)13/h2-3,9H,1H3. The van der Waals surface area contributed by atoms with Crippen LogP contribution in [0.3, 0.4) is 0 Å². The Morgan fingerprint density at radius 1 is 1.37 bits per heavy atom. The number of carbonyl (C=O) groups excluding carboxylic acids is 1. The molecule has 19 heavy (non-hydrogen) atoms. The maximum absolute atomic E-state index is 12.7. The summed E-state index contributed by atoms with van der Waals surface area (Å²) in [6.45, 7) is 0. The predicted molar refractivity (Wildman–Crippen MR) is 52.5 cm³/mol. The van der Waals surface area contributed by atoms with Crippen LogP contribution in [0.15, 0.2) is 12.1 Å². The van der Waals surface area contributed by atoms with E-state index < -0.39 is 40.8 Å². The molecule has 0 heterocycles. The number of nitriles is 1. The third-order valence-electron chi connectivity index (χ3n) is 2.26. The summed E-state index contributed by atoms with van der Waals surface area (Å²) in [6.07, 6.45) is -8.27. The number of carbonyl (C=O) groups is 1. The van der Waals surface area contributed by atoms with Crippen LogP contribution in [-0.4, -0.2) is 13.1 Å². The lowest BCUT2D eigenvalue weighted by atomic mass is 9.98. The van der Waals surface area contributed by atoms with E-state index in [1.807, 2.05) is 0 Å². The van der Waals surface area contributed by atoms with Crippen LogP contribution < -0.4 is 0 Å². The van der Waals surface area contributed by atoms with E-state index in [2.05, 4.69) is 4.74 Å². The van der Waals surface area contributed by atoms with Crippen molar-refractivity contribution in [1.82, 2.24) is 0 Å². The lowest BCUT2D eigenvalue weighted by Crippen LogP contribution is -2.13. The van der Waals surface area contributed by atoms with Crippen LogP contribution in [0.4, 0.5) is 22.0 Å². The van der Waals surface area contributed by atoms with Gasteiger partial charge in [0.2, 0.25) is 0 Å². The van der Waals surface area contributed by atoms with Crippen LogP contribution in [0.5, 0.6) is 0 Å². The number of nitrogens with zero attached hydrogens (tertiary/aromatic N) is 1. The molecule has 1 aromatic rings. The van der Waals surface area contributed by atoms with E-state index in [0.717, 1.165) is 7.11 Å². The zero-order valence-corrected chi connectivity index (χ0v) is 9.39. The number of hydrogen-bond acceptors (Lipinski definition) is 3. The molecule has 0 bridgehead atoms. The molecule has 0 N–H and O–H groups in total. The van der Waals surface area contributed by atoms with Crippen molar-refractivity contribution in [2.75, 3.05) is 7.11 Å². The lowest BCUT2D eigenvalue weighted by molar-refractivity contribution is -0.137. The van der Waals surface area contributed by atoms with Gasteiger partial charge in [-0.1, -0.05) is 0 Å². The number of rotatable bonds is 2. The molecule has 0 aliphatic carbocycles. The molecule has 0 amide bonds. The molecule has 0 atom stereocenters. The zero-order chi connectivity index (χ0) is 14.8. The highest BCUT2D eigenvalue weighted by molar-refractivity contribution is 5.91. The second-order valence-corrected chi connectivity index (χ2v) is 3.39. The van der Waals surface area contributed by atoms with Gasteiger partial charge in [-0.3, -0.25) is 0 Å². The summed E-state index contributed by atoms with van der Waals surface area (Å²) in [5.41, 5.74) is -4.32. The van der Waals surface area contributed by atoms with E-state index >= 15 is 0 Å². The molecular weight excluding hydrogens is 273 g/mol. The Morgan fingerprint density at radius 3 is 2.32 bits per heavy atom. The molecule has 1 rings (SSSR count). The normalized spacial score (nSPS) is 11.3. The molecule has 0 fully saturated rings. The summed E-state index contributed by atoms with van der Waals surface area (Å²) in [4.78, 5) is 11.2. The van der Waals surface area contributed by atoms with Crippen LogP contribution in [0, 0.1) is 11.3 Å². The van der Waals surface area contributed by atoms with E-state index in [0.29, 0.717) is 6.07 Å². The van der Waals surface area contributed by atoms with Crippen molar-refractivity contribution in [3.63, 3.8) is 0 Å². The summed E-state index contributed by atoms with van der Waals surface area (Å²) >= 11 is 0. The van der Waals surface area contributed by atoms with Crippen molar-refractivity contribution in [3.8, 4) is 6.07 Å². The summed E-state index contributed by atoms with van der Waals surface area (Å²) < 4.78 is 67.3. The van der Waals surface area contributed by atoms with Crippen molar-refractivity contribution in [1.29, 1.82) is 5.26 Å². The van der Waals surface area contributed by atoms with Gasteiger partial charge in [-0.2, -0.15) is 18.4 Å². The molecule has 3 nitrogen and oxygen atoms in total. The molecule has 0 saturated heterocycles. The number of benzene rings is 1. The number of alkyl halides is 5. The highest BCUT2D eigenvalue weighted by atomic mass is 19.4. The first kappa shape index (κ1) is 14.9. The van der Waals surface area contributed by atoms with Gasteiger partial charge in [0.05, 0.1) is 29.9 Å². The van der Waals surface area contributed by atoms with E-state index in [9.17, 15) is 26.7 Å². The van der Waals surface area contributed by atoms with Crippen LogP contribution >= 0.6 is 0 Å². The molecule has 0 aliphatic heterocycles. The van der Waals surface area contributed by atoms with Gasteiger partial charge in [0.25, 0.3) is 6.43 Å². The van der Waals surface area contributed by atoms with Crippen molar-refractivity contribution >= 4 is 5.97 Å². The molecule has 0 aliphatic rings. The van der Waals surface area contributed by atoms with Gasteiger partial charge in [-0.15, -0.1) is 0 Å². The fourth-order valence-electron chi connectivity index (χ4n) is 1.41. The smallest absolute Gasteiger partial charge is 0.417 e. The van der Waals surface area contributed by atoms with Gasteiger partial charge < -0.3 is 4.74 Å². The molecule has 0 spiro atoms. The minimum atomic E-state index is -4.97. The fourth-order valence-corrected chi connectivity index (χ4v) is 1.41. The first-order valence-electron chi connectivity index (χ1n) is 4.74. The monoisotopic (exact) mass is 279 g/mol. The van der Waals surface area contributed by atoms with Gasteiger partial charge in [-0.05, 0) is 12.1 Å². The Hall–Kier alpha value is -2.17.